The first-order valence-electron chi connectivity index (χ1n) is 9.09. The number of amides is 2. The average molecular weight is 401 g/mol. The van der Waals surface area contributed by atoms with Gasteiger partial charge in [0.25, 0.3) is 0 Å². The molecular formula is C19H26F3N3O3. The molecule has 1 fully saturated rings. The van der Waals surface area contributed by atoms with Crippen LogP contribution in [-0.2, 0) is 15.7 Å². The van der Waals surface area contributed by atoms with Crippen LogP contribution in [0.2, 0.25) is 0 Å². The van der Waals surface area contributed by atoms with Crippen LogP contribution < -0.4 is 4.90 Å². The summed E-state index contributed by atoms with van der Waals surface area (Å²) in [4.78, 5) is 28.5. The number of alkyl halides is 3. The third kappa shape index (κ3) is 6.40. The number of nitrogens with zero attached hydrogens (tertiary/aromatic N) is 3. The standard InChI is InChI=1S/C19H26F3N3O3/c1-18(2,3)28-17(27)24-11-8-23(9-12-24)10-13-25(14-26)16-6-4-15(5-7-16)19(20,21)22/h4-7,14H,8-13H2,1-3H3. The minimum absolute atomic E-state index is 0.341. The molecule has 1 aromatic rings. The molecule has 0 aliphatic carbocycles. The minimum atomic E-state index is -4.40. The van der Waals surface area contributed by atoms with Gasteiger partial charge in [0.05, 0.1) is 5.56 Å². The summed E-state index contributed by atoms with van der Waals surface area (Å²) in [5, 5.41) is 0. The van der Waals surface area contributed by atoms with Gasteiger partial charge < -0.3 is 14.5 Å². The van der Waals surface area contributed by atoms with Gasteiger partial charge in [0.1, 0.15) is 5.60 Å². The van der Waals surface area contributed by atoms with Gasteiger partial charge in [0, 0.05) is 45.0 Å². The van der Waals surface area contributed by atoms with Crippen LogP contribution in [0.3, 0.4) is 0 Å². The van der Waals surface area contributed by atoms with Gasteiger partial charge in [0.15, 0.2) is 0 Å². The Bertz CT molecular complexity index is 664. The smallest absolute Gasteiger partial charge is 0.416 e. The van der Waals surface area contributed by atoms with E-state index in [0.29, 0.717) is 51.4 Å². The number of hydrogen-bond acceptors (Lipinski definition) is 4. The van der Waals surface area contributed by atoms with E-state index in [4.69, 9.17) is 4.74 Å². The van der Waals surface area contributed by atoms with E-state index in [1.807, 2.05) is 20.8 Å². The number of benzene rings is 1. The summed E-state index contributed by atoms with van der Waals surface area (Å²) in [6.07, 6.45) is -4.14. The molecule has 1 aliphatic rings. The minimum Gasteiger partial charge on any atom is -0.444 e. The Morgan fingerprint density at radius 2 is 1.68 bits per heavy atom. The molecule has 1 aromatic carbocycles. The lowest BCUT2D eigenvalue weighted by molar-refractivity contribution is -0.137. The van der Waals surface area contributed by atoms with Crippen molar-refractivity contribution in [2.75, 3.05) is 44.2 Å². The largest absolute Gasteiger partial charge is 0.444 e. The first kappa shape index (κ1) is 22.0. The summed E-state index contributed by atoms with van der Waals surface area (Å²) in [5.41, 5.74) is -0.879. The van der Waals surface area contributed by atoms with Crippen molar-refractivity contribution in [1.29, 1.82) is 0 Å². The van der Waals surface area contributed by atoms with Crippen molar-refractivity contribution >= 4 is 18.2 Å². The number of ether oxygens (including phenoxy) is 1. The Morgan fingerprint density at radius 3 is 2.14 bits per heavy atom. The summed E-state index contributed by atoms with van der Waals surface area (Å²) >= 11 is 0. The fourth-order valence-electron chi connectivity index (χ4n) is 2.81. The first-order valence-corrected chi connectivity index (χ1v) is 9.09. The van der Waals surface area contributed by atoms with Gasteiger partial charge >= 0.3 is 12.3 Å². The molecule has 156 valence electrons. The monoisotopic (exact) mass is 401 g/mol. The van der Waals surface area contributed by atoms with E-state index in [1.165, 1.54) is 17.0 Å². The van der Waals surface area contributed by atoms with E-state index in [0.717, 1.165) is 12.1 Å². The number of piperazine rings is 1. The summed E-state index contributed by atoms with van der Waals surface area (Å²) in [7, 11) is 0. The van der Waals surface area contributed by atoms with Crippen molar-refractivity contribution in [3.63, 3.8) is 0 Å². The van der Waals surface area contributed by atoms with E-state index < -0.39 is 17.3 Å². The molecule has 0 saturated carbocycles. The number of halogens is 3. The molecule has 0 aromatic heterocycles. The highest BCUT2D eigenvalue weighted by Crippen LogP contribution is 2.30. The zero-order chi connectivity index (χ0) is 20.9. The van der Waals surface area contributed by atoms with Gasteiger partial charge in [-0.2, -0.15) is 13.2 Å². The van der Waals surface area contributed by atoms with Crippen LogP contribution in [-0.4, -0.2) is 67.2 Å². The highest BCUT2D eigenvalue weighted by Gasteiger charge is 2.30. The van der Waals surface area contributed by atoms with Crippen molar-refractivity contribution in [2.45, 2.75) is 32.5 Å². The topological polar surface area (TPSA) is 53.1 Å². The zero-order valence-corrected chi connectivity index (χ0v) is 16.3. The van der Waals surface area contributed by atoms with Crippen molar-refractivity contribution in [3.8, 4) is 0 Å². The molecular weight excluding hydrogens is 375 g/mol. The number of anilines is 1. The quantitative estimate of drug-likeness (QED) is 0.711. The lowest BCUT2D eigenvalue weighted by Crippen LogP contribution is -2.51. The van der Waals surface area contributed by atoms with Crippen LogP contribution in [0, 0.1) is 0 Å². The van der Waals surface area contributed by atoms with E-state index in [9.17, 15) is 22.8 Å². The van der Waals surface area contributed by atoms with Gasteiger partial charge in [-0.1, -0.05) is 0 Å². The summed E-state index contributed by atoms with van der Waals surface area (Å²) in [5.74, 6) is 0. The molecule has 2 rings (SSSR count). The number of carbonyl (C=O) groups is 2. The van der Waals surface area contributed by atoms with E-state index in [1.54, 1.807) is 4.90 Å². The predicted octanol–water partition coefficient (Wildman–Crippen LogP) is 3.22. The highest BCUT2D eigenvalue weighted by molar-refractivity contribution is 5.75. The molecule has 6 nitrogen and oxygen atoms in total. The maximum absolute atomic E-state index is 12.6. The molecule has 0 N–H and O–H groups in total. The van der Waals surface area contributed by atoms with Crippen molar-refractivity contribution in [2.24, 2.45) is 0 Å². The fourth-order valence-corrected chi connectivity index (χ4v) is 2.81. The maximum Gasteiger partial charge on any atom is 0.416 e. The van der Waals surface area contributed by atoms with Crippen LogP contribution in [0.25, 0.3) is 0 Å². The van der Waals surface area contributed by atoms with Crippen LogP contribution in [0.15, 0.2) is 24.3 Å². The number of carbonyl (C=O) groups excluding carboxylic acids is 2. The van der Waals surface area contributed by atoms with Crippen molar-refractivity contribution in [3.05, 3.63) is 29.8 Å². The molecule has 0 atom stereocenters. The number of rotatable bonds is 5. The van der Waals surface area contributed by atoms with Crippen LogP contribution >= 0.6 is 0 Å². The first-order chi connectivity index (χ1) is 13.0. The Balaban J connectivity index is 1.83. The molecule has 2 amide bonds. The lowest BCUT2D eigenvalue weighted by atomic mass is 10.2. The van der Waals surface area contributed by atoms with Gasteiger partial charge in [0.2, 0.25) is 6.41 Å². The second-order valence-corrected chi connectivity index (χ2v) is 7.65. The van der Waals surface area contributed by atoms with Crippen LogP contribution in [0.1, 0.15) is 26.3 Å². The molecule has 1 heterocycles. The summed E-state index contributed by atoms with van der Waals surface area (Å²) in [6, 6.07) is 4.51. The van der Waals surface area contributed by atoms with E-state index >= 15 is 0 Å². The van der Waals surface area contributed by atoms with Gasteiger partial charge in [-0.25, -0.2) is 4.79 Å². The zero-order valence-electron chi connectivity index (χ0n) is 16.3. The van der Waals surface area contributed by atoms with Crippen LogP contribution in [0.5, 0.6) is 0 Å². The van der Waals surface area contributed by atoms with Crippen LogP contribution in [0.4, 0.5) is 23.7 Å². The lowest BCUT2D eigenvalue weighted by Gasteiger charge is -2.36. The van der Waals surface area contributed by atoms with Gasteiger partial charge in [-0.05, 0) is 45.0 Å². The third-order valence-electron chi connectivity index (χ3n) is 4.33. The SMILES string of the molecule is CC(C)(C)OC(=O)N1CCN(CCN(C=O)c2ccc(C(F)(F)F)cc2)CC1. The fraction of sp³-hybridized carbons (Fsp3) is 0.579. The van der Waals surface area contributed by atoms with Crippen molar-refractivity contribution < 1.29 is 27.5 Å². The van der Waals surface area contributed by atoms with Gasteiger partial charge in [-0.3, -0.25) is 9.69 Å². The second kappa shape index (κ2) is 8.81. The molecule has 1 aliphatic heterocycles. The Labute approximate surface area is 162 Å². The highest BCUT2D eigenvalue weighted by atomic mass is 19.4. The molecule has 0 bridgehead atoms. The van der Waals surface area contributed by atoms with E-state index in [-0.39, 0.29) is 6.09 Å². The summed E-state index contributed by atoms with van der Waals surface area (Å²) < 4.78 is 43.3. The van der Waals surface area contributed by atoms with E-state index in [2.05, 4.69) is 4.90 Å². The second-order valence-electron chi connectivity index (χ2n) is 7.65. The molecule has 0 spiro atoms. The molecule has 0 radical (unpaired) electrons. The molecule has 0 unspecified atom stereocenters. The Hall–Kier alpha value is -2.29. The average Bonchev–Trinajstić information content (AvgIpc) is 2.61. The normalized spacial score (nSPS) is 16.0. The summed E-state index contributed by atoms with van der Waals surface area (Å²) in [6.45, 7) is 8.68. The Kier molecular flexibility index (Phi) is 6.92. The molecule has 1 saturated heterocycles. The molecule has 28 heavy (non-hydrogen) atoms. The van der Waals surface area contributed by atoms with Crippen molar-refractivity contribution in [1.82, 2.24) is 9.80 Å². The predicted molar refractivity (Wildman–Crippen MR) is 99.1 cm³/mol. The third-order valence-corrected chi connectivity index (χ3v) is 4.33. The maximum atomic E-state index is 12.6. The molecule has 9 heteroatoms. The van der Waals surface area contributed by atoms with Gasteiger partial charge in [-0.15, -0.1) is 0 Å². The Morgan fingerprint density at radius 1 is 1.11 bits per heavy atom. The number of hydrogen-bond donors (Lipinski definition) is 0.